The SMILES string of the molecule is C=CC(=O)OC1C2(C)CC3CC(C)(C2)CC1(C)C3. The highest BCUT2D eigenvalue weighted by Gasteiger charge is 2.65. The fourth-order valence-electron chi connectivity index (χ4n) is 6.22. The van der Waals surface area contributed by atoms with Crippen molar-refractivity contribution >= 4 is 5.97 Å². The standard InChI is InChI=1S/C16H24O2/c1-5-12(17)18-13-15(3)7-11-6-14(2,9-15)10-16(13,4)8-11/h5,11,13H,1,6-10H2,2-4H3. The Labute approximate surface area is 110 Å². The average molecular weight is 248 g/mol. The van der Waals surface area contributed by atoms with Crippen LogP contribution in [0.4, 0.5) is 0 Å². The van der Waals surface area contributed by atoms with Gasteiger partial charge in [0.2, 0.25) is 0 Å². The van der Waals surface area contributed by atoms with Gasteiger partial charge in [0.1, 0.15) is 6.10 Å². The molecule has 2 unspecified atom stereocenters. The molecule has 2 atom stereocenters. The first-order valence-electron chi connectivity index (χ1n) is 7.12. The first kappa shape index (κ1) is 12.3. The van der Waals surface area contributed by atoms with E-state index >= 15 is 0 Å². The van der Waals surface area contributed by atoms with Crippen LogP contribution < -0.4 is 0 Å². The van der Waals surface area contributed by atoms with Crippen molar-refractivity contribution in [2.24, 2.45) is 22.2 Å². The fraction of sp³-hybridized carbons (Fsp3) is 0.812. The van der Waals surface area contributed by atoms with Crippen LogP contribution in [0.5, 0.6) is 0 Å². The summed E-state index contributed by atoms with van der Waals surface area (Å²) in [4.78, 5) is 11.6. The van der Waals surface area contributed by atoms with Gasteiger partial charge in [0, 0.05) is 16.9 Å². The topological polar surface area (TPSA) is 26.3 Å². The number of carbonyl (C=O) groups excluding carboxylic acids is 1. The van der Waals surface area contributed by atoms with Gasteiger partial charge in [-0.1, -0.05) is 27.4 Å². The van der Waals surface area contributed by atoms with Gasteiger partial charge in [0.15, 0.2) is 0 Å². The lowest BCUT2D eigenvalue weighted by Gasteiger charge is -2.67. The molecule has 0 radical (unpaired) electrons. The molecular formula is C16H24O2. The first-order chi connectivity index (χ1) is 8.29. The van der Waals surface area contributed by atoms with Crippen molar-refractivity contribution in [2.75, 3.05) is 0 Å². The predicted molar refractivity (Wildman–Crippen MR) is 71.0 cm³/mol. The average Bonchev–Trinajstić information content (AvgIpc) is 2.19. The van der Waals surface area contributed by atoms with E-state index in [0.29, 0.717) is 5.41 Å². The number of rotatable bonds is 2. The molecular weight excluding hydrogens is 224 g/mol. The molecule has 0 aromatic heterocycles. The molecule has 2 nitrogen and oxygen atoms in total. The van der Waals surface area contributed by atoms with Gasteiger partial charge in [-0.25, -0.2) is 4.79 Å². The van der Waals surface area contributed by atoms with Crippen molar-refractivity contribution in [2.45, 2.75) is 59.0 Å². The molecule has 0 spiro atoms. The molecule has 2 heteroatoms. The van der Waals surface area contributed by atoms with E-state index in [0.717, 1.165) is 5.92 Å². The molecule has 18 heavy (non-hydrogen) atoms. The molecule has 0 saturated heterocycles. The molecule has 0 N–H and O–H groups in total. The summed E-state index contributed by atoms with van der Waals surface area (Å²) in [5.74, 6) is 0.589. The van der Waals surface area contributed by atoms with Crippen LogP contribution in [0.2, 0.25) is 0 Å². The molecule has 4 rings (SSSR count). The van der Waals surface area contributed by atoms with Gasteiger partial charge in [0.05, 0.1) is 0 Å². The van der Waals surface area contributed by atoms with Crippen LogP contribution >= 0.6 is 0 Å². The summed E-state index contributed by atoms with van der Waals surface area (Å²) >= 11 is 0. The molecule has 4 bridgehead atoms. The molecule has 4 aliphatic carbocycles. The van der Waals surface area contributed by atoms with Crippen molar-refractivity contribution in [3.63, 3.8) is 0 Å². The number of hydrogen-bond acceptors (Lipinski definition) is 2. The second kappa shape index (κ2) is 3.40. The Kier molecular flexibility index (Phi) is 2.31. The summed E-state index contributed by atoms with van der Waals surface area (Å²) in [6.45, 7) is 10.6. The van der Waals surface area contributed by atoms with Crippen molar-refractivity contribution in [1.82, 2.24) is 0 Å². The maximum atomic E-state index is 11.6. The van der Waals surface area contributed by atoms with E-state index in [1.165, 1.54) is 38.2 Å². The molecule has 0 aromatic rings. The lowest BCUT2D eigenvalue weighted by Crippen LogP contribution is -2.63. The Morgan fingerprint density at radius 2 is 1.72 bits per heavy atom. The summed E-state index contributed by atoms with van der Waals surface area (Å²) in [6.07, 6.45) is 7.64. The molecule has 0 amide bonds. The van der Waals surface area contributed by atoms with Crippen molar-refractivity contribution in [3.8, 4) is 0 Å². The minimum atomic E-state index is -0.250. The molecule has 100 valence electrons. The van der Waals surface area contributed by atoms with Crippen LogP contribution in [0.15, 0.2) is 12.7 Å². The molecule has 0 aromatic carbocycles. The van der Waals surface area contributed by atoms with Gasteiger partial charge in [-0.05, 0) is 43.4 Å². The first-order valence-corrected chi connectivity index (χ1v) is 7.12. The minimum Gasteiger partial charge on any atom is -0.458 e. The van der Waals surface area contributed by atoms with E-state index in [2.05, 4.69) is 27.4 Å². The van der Waals surface area contributed by atoms with Crippen molar-refractivity contribution in [3.05, 3.63) is 12.7 Å². The Bertz CT molecular complexity index is 391. The van der Waals surface area contributed by atoms with Crippen LogP contribution in [0.25, 0.3) is 0 Å². The third kappa shape index (κ3) is 1.57. The zero-order valence-electron chi connectivity index (χ0n) is 11.8. The maximum Gasteiger partial charge on any atom is 0.330 e. The maximum absolute atomic E-state index is 11.6. The van der Waals surface area contributed by atoms with E-state index in [1.54, 1.807) is 0 Å². The highest BCUT2D eigenvalue weighted by atomic mass is 16.5. The fourth-order valence-corrected chi connectivity index (χ4v) is 6.22. The lowest BCUT2D eigenvalue weighted by atomic mass is 9.39. The Morgan fingerprint density at radius 3 is 2.17 bits per heavy atom. The molecule has 4 fully saturated rings. The summed E-state index contributed by atoms with van der Waals surface area (Å²) < 4.78 is 5.77. The molecule has 4 saturated carbocycles. The van der Waals surface area contributed by atoms with E-state index in [-0.39, 0.29) is 22.9 Å². The van der Waals surface area contributed by atoms with Crippen LogP contribution in [0, 0.1) is 22.2 Å². The Hall–Kier alpha value is -0.790. The quantitative estimate of drug-likeness (QED) is 0.550. The predicted octanol–water partition coefficient (Wildman–Crippen LogP) is 3.71. The number of carbonyl (C=O) groups is 1. The zero-order chi connectivity index (χ0) is 13.2. The summed E-state index contributed by atoms with van der Waals surface area (Å²) in [6, 6.07) is 0. The highest BCUT2D eigenvalue weighted by Crippen LogP contribution is 2.70. The molecule has 0 heterocycles. The van der Waals surface area contributed by atoms with E-state index in [9.17, 15) is 4.79 Å². The van der Waals surface area contributed by atoms with E-state index < -0.39 is 0 Å². The summed E-state index contributed by atoms with van der Waals surface area (Å²) in [7, 11) is 0. The monoisotopic (exact) mass is 248 g/mol. The van der Waals surface area contributed by atoms with E-state index in [1.807, 2.05) is 0 Å². The van der Waals surface area contributed by atoms with Gasteiger partial charge in [0.25, 0.3) is 0 Å². The molecule has 4 aliphatic rings. The van der Waals surface area contributed by atoms with Gasteiger partial charge in [-0.15, -0.1) is 0 Å². The van der Waals surface area contributed by atoms with Crippen molar-refractivity contribution < 1.29 is 9.53 Å². The van der Waals surface area contributed by atoms with Gasteiger partial charge >= 0.3 is 5.97 Å². The number of hydrogen-bond donors (Lipinski definition) is 0. The second-order valence-corrected chi connectivity index (χ2v) is 7.97. The number of ether oxygens (including phenoxy) is 1. The van der Waals surface area contributed by atoms with Crippen molar-refractivity contribution in [1.29, 1.82) is 0 Å². The number of esters is 1. The van der Waals surface area contributed by atoms with Crippen LogP contribution in [0.1, 0.15) is 52.9 Å². The zero-order valence-corrected chi connectivity index (χ0v) is 11.8. The second-order valence-electron chi connectivity index (χ2n) is 7.97. The normalized spacial score (nSPS) is 53.3. The Balaban J connectivity index is 1.96. The van der Waals surface area contributed by atoms with Crippen LogP contribution in [-0.2, 0) is 9.53 Å². The van der Waals surface area contributed by atoms with Crippen LogP contribution in [0.3, 0.4) is 0 Å². The van der Waals surface area contributed by atoms with Gasteiger partial charge in [-0.3, -0.25) is 0 Å². The lowest BCUT2D eigenvalue weighted by molar-refractivity contribution is -0.232. The van der Waals surface area contributed by atoms with Gasteiger partial charge < -0.3 is 4.74 Å². The highest BCUT2D eigenvalue weighted by molar-refractivity contribution is 5.81. The minimum absolute atomic E-state index is 0.0834. The smallest absolute Gasteiger partial charge is 0.330 e. The third-order valence-electron chi connectivity index (χ3n) is 5.62. The van der Waals surface area contributed by atoms with Crippen LogP contribution in [-0.4, -0.2) is 12.1 Å². The largest absolute Gasteiger partial charge is 0.458 e. The third-order valence-corrected chi connectivity index (χ3v) is 5.62. The summed E-state index contributed by atoms with van der Waals surface area (Å²) in [5.41, 5.74) is 0.838. The summed E-state index contributed by atoms with van der Waals surface area (Å²) in [5, 5.41) is 0. The Morgan fingerprint density at radius 1 is 1.17 bits per heavy atom. The van der Waals surface area contributed by atoms with E-state index in [4.69, 9.17) is 4.74 Å². The van der Waals surface area contributed by atoms with Gasteiger partial charge in [-0.2, -0.15) is 0 Å². The molecule has 0 aliphatic heterocycles.